The van der Waals surface area contributed by atoms with Gasteiger partial charge in [0.2, 0.25) is 0 Å². The summed E-state index contributed by atoms with van der Waals surface area (Å²) < 4.78 is 0. The Morgan fingerprint density at radius 3 is 2.56 bits per heavy atom. The van der Waals surface area contributed by atoms with Crippen LogP contribution in [0.5, 0.6) is 0 Å². The summed E-state index contributed by atoms with van der Waals surface area (Å²) in [5.74, 6) is -0.929. The molecule has 1 aromatic rings. The molecule has 2 rings (SSSR count). The second-order valence-corrected chi connectivity index (χ2v) is 4.14. The van der Waals surface area contributed by atoms with Crippen LogP contribution in [0, 0.1) is 0 Å². The summed E-state index contributed by atoms with van der Waals surface area (Å²) in [6.45, 7) is 5.14. The molecule has 1 aromatic carbocycles. The summed E-state index contributed by atoms with van der Waals surface area (Å²) in [5, 5.41) is 12.9. The molecule has 0 aliphatic carbocycles. The van der Waals surface area contributed by atoms with Crippen LogP contribution in [0.3, 0.4) is 0 Å². The Hall–Kier alpha value is -2.01. The number of allylic oxidation sites excluding steroid dienone is 1. The molecule has 0 radical (unpaired) electrons. The van der Waals surface area contributed by atoms with Crippen LogP contribution in [-0.2, 0) is 11.3 Å². The van der Waals surface area contributed by atoms with Crippen molar-refractivity contribution in [2.45, 2.75) is 20.4 Å². The fourth-order valence-corrected chi connectivity index (χ4v) is 1.99. The smallest absolute Gasteiger partial charge is 0.355 e. The molecule has 5 nitrogen and oxygen atoms in total. The highest BCUT2D eigenvalue weighted by Crippen LogP contribution is 2.21. The van der Waals surface area contributed by atoms with Crippen LogP contribution >= 0.6 is 0 Å². The van der Waals surface area contributed by atoms with E-state index in [0.29, 0.717) is 13.1 Å². The van der Waals surface area contributed by atoms with Crippen LogP contribution in [0.1, 0.15) is 19.4 Å². The number of nitrogens with zero attached hydrogens (tertiary/aromatic N) is 2. The van der Waals surface area contributed by atoms with E-state index in [1.165, 1.54) is 0 Å². The highest BCUT2D eigenvalue weighted by atomic mass is 16.4. The van der Waals surface area contributed by atoms with Gasteiger partial charge in [0.05, 0.1) is 12.2 Å². The van der Waals surface area contributed by atoms with Gasteiger partial charge in [0, 0.05) is 6.54 Å². The minimum atomic E-state index is -0.929. The van der Waals surface area contributed by atoms with E-state index in [0.717, 1.165) is 11.3 Å². The minimum Gasteiger partial charge on any atom is -0.476 e. The molecule has 0 unspecified atom stereocenters. The molecule has 1 heterocycles. The Morgan fingerprint density at radius 1 is 1.33 bits per heavy atom. The molecule has 1 aliphatic heterocycles. The van der Waals surface area contributed by atoms with Crippen LogP contribution in [0.2, 0.25) is 0 Å². The number of nitrogens with one attached hydrogen (secondary N) is 1. The number of hydrogen-bond donors (Lipinski definition) is 2. The third-order valence-electron chi connectivity index (χ3n) is 2.97. The van der Waals surface area contributed by atoms with Crippen molar-refractivity contribution in [3.63, 3.8) is 0 Å². The molecule has 96 valence electrons. The maximum atomic E-state index is 11.1. The second kappa shape index (κ2) is 5.10. The van der Waals surface area contributed by atoms with Crippen molar-refractivity contribution in [3.8, 4) is 0 Å². The SMILES string of the molecule is CCN1NC(C(=O)O)=C(C)N1Cc1ccccc1. The largest absolute Gasteiger partial charge is 0.476 e. The van der Waals surface area contributed by atoms with E-state index in [1.807, 2.05) is 54.3 Å². The average molecular weight is 247 g/mol. The maximum absolute atomic E-state index is 11.1. The van der Waals surface area contributed by atoms with E-state index in [9.17, 15) is 4.79 Å². The molecule has 0 amide bonds. The fraction of sp³-hybridized carbons (Fsp3) is 0.308. The predicted molar refractivity (Wildman–Crippen MR) is 67.8 cm³/mol. The Kier molecular flexibility index (Phi) is 3.53. The van der Waals surface area contributed by atoms with Crippen molar-refractivity contribution >= 4 is 5.97 Å². The van der Waals surface area contributed by atoms with Gasteiger partial charge in [0.1, 0.15) is 0 Å². The number of hydrazine groups is 2. The van der Waals surface area contributed by atoms with E-state index >= 15 is 0 Å². The van der Waals surface area contributed by atoms with Crippen molar-refractivity contribution < 1.29 is 9.90 Å². The molecule has 0 saturated carbocycles. The zero-order valence-electron chi connectivity index (χ0n) is 10.6. The molecule has 1 aliphatic rings. The van der Waals surface area contributed by atoms with E-state index in [4.69, 9.17) is 5.11 Å². The monoisotopic (exact) mass is 247 g/mol. The lowest BCUT2D eigenvalue weighted by Gasteiger charge is -2.29. The Morgan fingerprint density at radius 2 is 2.00 bits per heavy atom. The molecule has 0 fully saturated rings. The number of rotatable bonds is 4. The normalized spacial score (nSPS) is 16.0. The molecular formula is C13H17N3O2. The van der Waals surface area contributed by atoms with Crippen LogP contribution < -0.4 is 5.43 Å². The van der Waals surface area contributed by atoms with Crippen molar-refractivity contribution in [1.82, 2.24) is 15.6 Å². The maximum Gasteiger partial charge on any atom is 0.355 e. The van der Waals surface area contributed by atoms with Gasteiger partial charge in [-0.2, -0.15) is 0 Å². The molecule has 0 atom stereocenters. The average Bonchev–Trinajstić information content (AvgIpc) is 2.68. The number of hydrogen-bond acceptors (Lipinski definition) is 4. The van der Waals surface area contributed by atoms with Crippen molar-refractivity contribution in [2.75, 3.05) is 6.54 Å². The Balaban J connectivity index is 2.22. The summed E-state index contributed by atoms with van der Waals surface area (Å²) in [6, 6.07) is 9.98. The molecule has 5 heteroatoms. The fourth-order valence-electron chi connectivity index (χ4n) is 1.99. The van der Waals surface area contributed by atoms with Gasteiger partial charge in [-0.1, -0.05) is 30.3 Å². The van der Waals surface area contributed by atoms with Gasteiger partial charge in [0.25, 0.3) is 0 Å². The second-order valence-electron chi connectivity index (χ2n) is 4.14. The summed E-state index contributed by atoms with van der Waals surface area (Å²) in [4.78, 5) is 11.1. The molecule has 18 heavy (non-hydrogen) atoms. The highest BCUT2D eigenvalue weighted by Gasteiger charge is 2.29. The molecule has 0 aromatic heterocycles. The number of aliphatic carboxylic acids is 1. The van der Waals surface area contributed by atoms with Crippen molar-refractivity contribution in [1.29, 1.82) is 0 Å². The van der Waals surface area contributed by atoms with E-state index in [-0.39, 0.29) is 5.70 Å². The summed E-state index contributed by atoms with van der Waals surface area (Å²) >= 11 is 0. The van der Waals surface area contributed by atoms with Gasteiger partial charge in [-0.25, -0.2) is 4.79 Å². The molecule has 0 bridgehead atoms. The molecule has 0 spiro atoms. The molecular weight excluding hydrogens is 230 g/mol. The van der Waals surface area contributed by atoms with Crippen molar-refractivity contribution in [3.05, 3.63) is 47.3 Å². The first-order valence-electron chi connectivity index (χ1n) is 5.93. The number of carbonyl (C=O) groups is 1. The third kappa shape index (κ3) is 2.31. The lowest BCUT2D eigenvalue weighted by molar-refractivity contribution is -0.133. The number of carboxylic acids is 1. The third-order valence-corrected chi connectivity index (χ3v) is 2.97. The summed E-state index contributed by atoms with van der Waals surface area (Å²) in [7, 11) is 0. The van der Waals surface area contributed by atoms with E-state index in [2.05, 4.69) is 5.43 Å². The first-order chi connectivity index (χ1) is 8.63. The Labute approximate surface area is 106 Å². The van der Waals surface area contributed by atoms with E-state index < -0.39 is 5.97 Å². The van der Waals surface area contributed by atoms with Gasteiger partial charge in [0.15, 0.2) is 5.70 Å². The number of carboxylic acid groups (broad SMARTS) is 1. The Bertz CT molecular complexity index is 470. The molecule has 0 saturated heterocycles. The van der Waals surface area contributed by atoms with Gasteiger partial charge in [-0.05, 0) is 19.4 Å². The standard InChI is InChI=1S/C13H17N3O2/c1-3-16-14-12(13(17)18)10(2)15(16)9-11-7-5-4-6-8-11/h4-8,14H,3,9H2,1-2H3,(H,17,18). The molecule has 2 N–H and O–H groups in total. The van der Waals surface area contributed by atoms with Crippen LogP contribution in [0.25, 0.3) is 0 Å². The van der Waals surface area contributed by atoms with Crippen LogP contribution in [0.15, 0.2) is 41.7 Å². The number of benzene rings is 1. The highest BCUT2D eigenvalue weighted by molar-refractivity contribution is 5.86. The zero-order chi connectivity index (χ0) is 13.1. The summed E-state index contributed by atoms with van der Waals surface area (Å²) in [5.41, 5.74) is 5.02. The quantitative estimate of drug-likeness (QED) is 0.845. The van der Waals surface area contributed by atoms with Gasteiger partial charge in [-0.3, -0.25) is 10.4 Å². The van der Waals surface area contributed by atoms with Crippen molar-refractivity contribution in [2.24, 2.45) is 0 Å². The first kappa shape index (κ1) is 12.4. The zero-order valence-corrected chi connectivity index (χ0v) is 10.6. The van der Waals surface area contributed by atoms with Gasteiger partial charge in [-0.15, -0.1) is 5.12 Å². The van der Waals surface area contributed by atoms with Gasteiger partial charge < -0.3 is 5.11 Å². The predicted octanol–water partition coefficient (Wildman–Crippen LogP) is 1.56. The topological polar surface area (TPSA) is 55.8 Å². The first-order valence-corrected chi connectivity index (χ1v) is 5.93. The van der Waals surface area contributed by atoms with Crippen LogP contribution in [0.4, 0.5) is 0 Å². The summed E-state index contributed by atoms with van der Waals surface area (Å²) in [6.07, 6.45) is 0. The minimum absolute atomic E-state index is 0.243. The lowest BCUT2D eigenvalue weighted by atomic mass is 10.2. The van der Waals surface area contributed by atoms with E-state index in [1.54, 1.807) is 0 Å². The lowest BCUT2D eigenvalue weighted by Crippen LogP contribution is -2.43. The van der Waals surface area contributed by atoms with Crippen LogP contribution in [-0.4, -0.2) is 27.7 Å². The van der Waals surface area contributed by atoms with Gasteiger partial charge >= 0.3 is 5.97 Å².